The summed E-state index contributed by atoms with van der Waals surface area (Å²) in [5.41, 5.74) is 0.843. The van der Waals surface area contributed by atoms with Crippen LogP contribution in [0.3, 0.4) is 0 Å². The standard InChI is InChI=1S/C25H33NO3/c1-24-11-9-18(29-23(28)16-4-3-13-26-15-16)14-17(24)5-6-19-20-7-8-22(27)25(20,2)12-10-21(19)24/h3-4,13,15,17-21H,5-12,14H2,1-2H3/t17-,18+,19?,20?,21?,24-,25-/m0/s1. The number of rotatable bonds is 2. The van der Waals surface area contributed by atoms with E-state index in [0.29, 0.717) is 28.6 Å². The lowest BCUT2D eigenvalue weighted by atomic mass is 9.45. The molecule has 0 aliphatic heterocycles. The summed E-state index contributed by atoms with van der Waals surface area (Å²) in [5, 5.41) is 0. The molecule has 1 aromatic rings. The Kier molecular flexibility index (Phi) is 4.60. The Morgan fingerprint density at radius 3 is 2.76 bits per heavy atom. The molecule has 1 heterocycles. The molecule has 4 aliphatic rings. The van der Waals surface area contributed by atoms with Gasteiger partial charge in [0, 0.05) is 24.2 Å². The van der Waals surface area contributed by atoms with Gasteiger partial charge < -0.3 is 4.74 Å². The minimum absolute atomic E-state index is 0.0271. The number of pyridine rings is 1. The van der Waals surface area contributed by atoms with Crippen molar-refractivity contribution in [3.63, 3.8) is 0 Å². The van der Waals surface area contributed by atoms with Crippen molar-refractivity contribution in [2.45, 2.75) is 77.7 Å². The smallest absolute Gasteiger partial charge is 0.339 e. The number of ketones is 1. The zero-order chi connectivity index (χ0) is 20.2. The third-order valence-electron chi connectivity index (χ3n) is 9.50. The second-order valence-electron chi connectivity index (χ2n) is 10.6. The molecular formula is C25H33NO3. The number of aromatic nitrogens is 1. The van der Waals surface area contributed by atoms with E-state index in [1.165, 1.54) is 19.3 Å². The molecule has 29 heavy (non-hydrogen) atoms. The Morgan fingerprint density at radius 1 is 1.10 bits per heavy atom. The number of carbonyl (C=O) groups excluding carboxylic acids is 2. The van der Waals surface area contributed by atoms with Gasteiger partial charge in [-0.15, -0.1) is 0 Å². The summed E-state index contributed by atoms with van der Waals surface area (Å²) >= 11 is 0. The van der Waals surface area contributed by atoms with E-state index in [2.05, 4.69) is 18.8 Å². The molecule has 4 saturated carbocycles. The SMILES string of the molecule is C[C@]12CCC3C(CC[C@H]4C[C@H](OC(=O)c5cccnc5)CC[C@]34C)C1CCC2=O. The predicted molar refractivity (Wildman–Crippen MR) is 110 cm³/mol. The summed E-state index contributed by atoms with van der Waals surface area (Å²) in [6.07, 6.45) is 13.1. The zero-order valence-corrected chi connectivity index (χ0v) is 17.7. The third-order valence-corrected chi connectivity index (χ3v) is 9.50. The summed E-state index contributed by atoms with van der Waals surface area (Å²) in [7, 11) is 0. The first-order valence-corrected chi connectivity index (χ1v) is 11.6. The Labute approximate surface area is 173 Å². The average Bonchev–Trinajstić information content (AvgIpc) is 3.03. The highest BCUT2D eigenvalue weighted by atomic mass is 16.5. The van der Waals surface area contributed by atoms with E-state index in [-0.39, 0.29) is 17.5 Å². The minimum Gasteiger partial charge on any atom is -0.459 e. The van der Waals surface area contributed by atoms with Gasteiger partial charge in [-0.3, -0.25) is 9.78 Å². The van der Waals surface area contributed by atoms with Crippen LogP contribution in [0.2, 0.25) is 0 Å². The molecule has 0 saturated heterocycles. The van der Waals surface area contributed by atoms with Crippen molar-refractivity contribution in [1.29, 1.82) is 0 Å². The number of carbonyl (C=O) groups is 2. The highest BCUT2D eigenvalue weighted by Gasteiger charge is 2.60. The van der Waals surface area contributed by atoms with Crippen molar-refractivity contribution in [1.82, 2.24) is 4.98 Å². The van der Waals surface area contributed by atoms with Gasteiger partial charge in [-0.05, 0) is 92.6 Å². The van der Waals surface area contributed by atoms with Gasteiger partial charge in [-0.25, -0.2) is 4.79 Å². The maximum absolute atomic E-state index is 12.6. The highest BCUT2D eigenvalue weighted by Crippen LogP contribution is 2.65. The van der Waals surface area contributed by atoms with Gasteiger partial charge in [-0.2, -0.15) is 0 Å². The molecule has 0 spiro atoms. The van der Waals surface area contributed by atoms with Crippen molar-refractivity contribution in [3.05, 3.63) is 30.1 Å². The number of Topliss-reactive ketones (excluding diaryl/α,β-unsaturated/α-hetero) is 1. The Morgan fingerprint density at radius 2 is 1.97 bits per heavy atom. The number of nitrogens with zero attached hydrogens (tertiary/aromatic N) is 1. The monoisotopic (exact) mass is 395 g/mol. The highest BCUT2D eigenvalue weighted by molar-refractivity contribution is 5.89. The number of ether oxygens (including phenoxy) is 1. The van der Waals surface area contributed by atoms with E-state index in [1.54, 1.807) is 24.5 Å². The Hall–Kier alpha value is -1.71. The van der Waals surface area contributed by atoms with E-state index >= 15 is 0 Å². The molecule has 1 aromatic heterocycles. The number of hydrogen-bond acceptors (Lipinski definition) is 4. The van der Waals surface area contributed by atoms with Crippen LogP contribution in [0.15, 0.2) is 24.5 Å². The summed E-state index contributed by atoms with van der Waals surface area (Å²) in [6, 6.07) is 3.55. The fourth-order valence-electron chi connectivity index (χ4n) is 7.80. The van der Waals surface area contributed by atoms with Gasteiger partial charge >= 0.3 is 5.97 Å². The lowest BCUT2D eigenvalue weighted by Crippen LogP contribution is -2.54. The maximum Gasteiger partial charge on any atom is 0.339 e. The van der Waals surface area contributed by atoms with Crippen LogP contribution in [0, 0.1) is 34.5 Å². The predicted octanol–water partition coefficient (Wildman–Crippen LogP) is 5.22. The molecule has 4 fully saturated rings. The van der Waals surface area contributed by atoms with Gasteiger partial charge in [-0.1, -0.05) is 13.8 Å². The molecule has 0 bridgehead atoms. The van der Waals surface area contributed by atoms with Crippen molar-refractivity contribution in [2.75, 3.05) is 0 Å². The second-order valence-corrected chi connectivity index (χ2v) is 10.6. The third kappa shape index (κ3) is 2.97. The van der Waals surface area contributed by atoms with Crippen molar-refractivity contribution < 1.29 is 14.3 Å². The van der Waals surface area contributed by atoms with Crippen LogP contribution in [0.4, 0.5) is 0 Å². The van der Waals surface area contributed by atoms with Crippen molar-refractivity contribution in [2.24, 2.45) is 34.5 Å². The quantitative estimate of drug-likeness (QED) is 0.644. The molecule has 4 nitrogen and oxygen atoms in total. The lowest BCUT2D eigenvalue weighted by molar-refractivity contribution is -0.142. The number of hydrogen-bond donors (Lipinski definition) is 0. The van der Waals surface area contributed by atoms with Crippen LogP contribution >= 0.6 is 0 Å². The Bertz CT molecular complexity index is 808. The van der Waals surface area contributed by atoms with Gasteiger partial charge in [0.2, 0.25) is 0 Å². The molecular weight excluding hydrogens is 362 g/mol. The van der Waals surface area contributed by atoms with E-state index < -0.39 is 0 Å². The first-order valence-electron chi connectivity index (χ1n) is 11.6. The van der Waals surface area contributed by atoms with Crippen molar-refractivity contribution in [3.8, 4) is 0 Å². The fourth-order valence-corrected chi connectivity index (χ4v) is 7.80. The molecule has 5 rings (SSSR count). The van der Waals surface area contributed by atoms with Crippen molar-refractivity contribution >= 4 is 11.8 Å². The van der Waals surface area contributed by atoms with Gasteiger partial charge in [0.05, 0.1) is 5.56 Å². The van der Waals surface area contributed by atoms with Crippen LogP contribution in [0.25, 0.3) is 0 Å². The average molecular weight is 396 g/mol. The summed E-state index contributed by atoms with van der Waals surface area (Å²) < 4.78 is 5.88. The molecule has 3 unspecified atom stereocenters. The summed E-state index contributed by atoms with van der Waals surface area (Å²) in [5.74, 6) is 2.98. The molecule has 4 aliphatic carbocycles. The first-order chi connectivity index (χ1) is 13.9. The van der Waals surface area contributed by atoms with Crippen LogP contribution in [0.1, 0.15) is 82.0 Å². The van der Waals surface area contributed by atoms with E-state index in [0.717, 1.165) is 50.4 Å². The largest absolute Gasteiger partial charge is 0.459 e. The molecule has 0 N–H and O–H groups in total. The van der Waals surface area contributed by atoms with Gasteiger partial charge in [0.25, 0.3) is 0 Å². The van der Waals surface area contributed by atoms with Gasteiger partial charge in [0.1, 0.15) is 11.9 Å². The van der Waals surface area contributed by atoms with Gasteiger partial charge in [0.15, 0.2) is 0 Å². The molecule has 0 amide bonds. The Balaban J connectivity index is 1.29. The van der Waals surface area contributed by atoms with Crippen LogP contribution in [0.5, 0.6) is 0 Å². The van der Waals surface area contributed by atoms with E-state index in [4.69, 9.17) is 4.74 Å². The maximum atomic E-state index is 12.6. The summed E-state index contributed by atoms with van der Waals surface area (Å²) in [6.45, 7) is 4.76. The second kappa shape index (κ2) is 6.92. The molecule has 7 atom stereocenters. The number of esters is 1. The van der Waals surface area contributed by atoms with E-state index in [1.807, 2.05) is 0 Å². The minimum atomic E-state index is -0.238. The zero-order valence-electron chi connectivity index (χ0n) is 17.7. The summed E-state index contributed by atoms with van der Waals surface area (Å²) in [4.78, 5) is 29.1. The van der Waals surface area contributed by atoms with Crippen LogP contribution in [-0.4, -0.2) is 22.8 Å². The topological polar surface area (TPSA) is 56.3 Å². The number of fused-ring (bicyclic) bond motifs is 5. The lowest BCUT2D eigenvalue weighted by Gasteiger charge is -2.60. The van der Waals surface area contributed by atoms with Crippen LogP contribution in [-0.2, 0) is 9.53 Å². The molecule has 0 aromatic carbocycles. The molecule has 4 heteroatoms. The van der Waals surface area contributed by atoms with E-state index in [9.17, 15) is 9.59 Å². The normalized spacial score (nSPS) is 43.8. The first kappa shape index (κ1) is 19.3. The van der Waals surface area contributed by atoms with Crippen LogP contribution < -0.4 is 0 Å². The molecule has 0 radical (unpaired) electrons. The molecule has 156 valence electrons. The fraction of sp³-hybridized carbons (Fsp3) is 0.720.